The topological polar surface area (TPSA) is 89.4 Å². The minimum Gasteiger partial charge on any atom is -0.451 e. The van der Waals surface area contributed by atoms with Gasteiger partial charge in [-0.1, -0.05) is 43.2 Å². The molecule has 0 amide bonds. The van der Waals surface area contributed by atoms with Gasteiger partial charge < -0.3 is 8.83 Å². The average Bonchev–Trinajstić information content (AvgIpc) is 3.47. The maximum Gasteiger partial charge on any atom is 0.277 e. The second-order valence-corrected chi connectivity index (χ2v) is 9.53. The maximum absolute atomic E-state index is 13.2. The molecular formula is C21H25N3O4S. The van der Waals surface area contributed by atoms with E-state index in [1.165, 1.54) is 29.5 Å². The van der Waals surface area contributed by atoms with Crippen molar-refractivity contribution < 1.29 is 17.3 Å². The van der Waals surface area contributed by atoms with Crippen LogP contribution in [-0.2, 0) is 16.6 Å². The fraction of sp³-hybridized carbons (Fsp3) is 0.429. The van der Waals surface area contributed by atoms with E-state index in [1.54, 1.807) is 0 Å². The molecule has 0 unspecified atom stereocenters. The third-order valence-electron chi connectivity index (χ3n) is 5.29. The van der Waals surface area contributed by atoms with Gasteiger partial charge in [-0.25, -0.2) is 8.42 Å². The summed E-state index contributed by atoms with van der Waals surface area (Å²) in [5.74, 6) is 1.21. The molecular weight excluding hydrogens is 390 g/mol. The molecule has 8 heteroatoms. The van der Waals surface area contributed by atoms with Crippen molar-refractivity contribution in [3.63, 3.8) is 0 Å². The van der Waals surface area contributed by atoms with Crippen LogP contribution in [-0.4, -0.2) is 29.0 Å². The van der Waals surface area contributed by atoms with Gasteiger partial charge >= 0.3 is 0 Å². The molecule has 2 aromatic heterocycles. The van der Waals surface area contributed by atoms with Crippen LogP contribution >= 0.6 is 0 Å². The molecule has 0 spiro atoms. The Morgan fingerprint density at radius 3 is 2.55 bits per heavy atom. The lowest BCUT2D eigenvalue weighted by atomic mass is 10.1. The van der Waals surface area contributed by atoms with Gasteiger partial charge in [0.05, 0.1) is 5.56 Å². The highest BCUT2D eigenvalue weighted by Crippen LogP contribution is 2.35. The van der Waals surface area contributed by atoms with Crippen LogP contribution in [0.25, 0.3) is 11.5 Å². The predicted octanol–water partition coefficient (Wildman–Crippen LogP) is 4.59. The molecule has 0 aliphatic heterocycles. The third kappa shape index (κ3) is 4.13. The van der Waals surface area contributed by atoms with Crippen molar-refractivity contribution >= 4 is 10.0 Å². The smallest absolute Gasteiger partial charge is 0.277 e. The van der Waals surface area contributed by atoms with Crippen LogP contribution in [0.5, 0.6) is 0 Å². The number of nitrogens with zero attached hydrogens (tertiary/aromatic N) is 3. The van der Waals surface area contributed by atoms with E-state index in [4.69, 9.17) is 8.83 Å². The van der Waals surface area contributed by atoms with Gasteiger partial charge in [0.25, 0.3) is 15.9 Å². The molecule has 0 atom stereocenters. The van der Waals surface area contributed by atoms with Crippen LogP contribution in [0.1, 0.15) is 56.9 Å². The molecule has 0 bridgehead atoms. The molecule has 0 N–H and O–H groups in total. The molecule has 7 nitrogen and oxygen atoms in total. The van der Waals surface area contributed by atoms with Crippen LogP contribution in [0.2, 0.25) is 0 Å². The van der Waals surface area contributed by atoms with Crippen molar-refractivity contribution in [2.45, 2.75) is 63.1 Å². The predicted molar refractivity (Wildman–Crippen MR) is 108 cm³/mol. The second-order valence-electron chi connectivity index (χ2n) is 7.71. The van der Waals surface area contributed by atoms with Gasteiger partial charge in [0.1, 0.15) is 6.26 Å². The summed E-state index contributed by atoms with van der Waals surface area (Å²) < 4.78 is 39.0. The van der Waals surface area contributed by atoms with E-state index in [0.717, 1.165) is 18.4 Å². The number of rotatable bonds is 7. The Labute approximate surface area is 170 Å². The van der Waals surface area contributed by atoms with Crippen LogP contribution < -0.4 is 0 Å². The van der Waals surface area contributed by atoms with Crippen molar-refractivity contribution in [3.05, 3.63) is 54.1 Å². The first-order valence-corrected chi connectivity index (χ1v) is 11.4. The van der Waals surface area contributed by atoms with Crippen molar-refractivity contribution in [1.82, 2.24) is 14.5 Å². The Balaban J connectivity index is 1.58. The van der Waals surface area contributed by atoms with E-state index < -0.39 is 10.0 Å². The number of furan rings is 1. The van der Waals surface area contributed by atoms with Crippen LogP contribution in [0.4, 0.5) is 0 Å². The fourth-order valence-electron chi connectivity index (χ4n) is 3.68. The molecule has 2 heterocycles. The lowest BCUT2D eigenvalue weighted by Crippen LogP contribution is -2.36. The summed E-state index contributed by atoms with van der Waals surface area (Å²) >= 11 is 0. The molecule has 1 saturated carbocycles. The molecule has 1 aromatic carbocycles. The highest BCUT2D eigenvalue weighted by molar-refractivity contribution is 7.89. The Hall–Kier alpha value is -2.45. The van der Waals surface area contributed by atoms with Crippen molar-refractivity contribution in [2.75, 3.05) is 0 Å². The number of aromatic nitrogens is 2. The molecule has 0 saturated heterocycles. The Morgan fingerprint density at radius 2 is 1.86 bits per heavy atom. The third-order valence-corrected chi connectivity index (χ3v) is 7.18. The number of benzene rings is 1. The van der Waals surface area contributed by atoms with Crippen molar-refractivity contribution in [3.8, 4) is 11.5 Å². The summed E-state index contributed by atoms with van der Waals surface area (Å²) in [7, 11) is -3.82. The van der Waals surface area contributed by atoms with Crippen molar-refractivity contribution in [2.24, 2.45) is 0 Å². The van der Waals surface area contributed by atoms with Gasteiger partial charge in [-0.05, 0) is 32.3 Å². The minimum absolute atomic E-state index is 0.127. The van der Waals surface area contributed by atoms with E-state index in [9.17, 15) is 8.42 Å². The lowest BCUT2D eigenvalue weighted by Gasteiger charge is -2.24. The first-order valence-electron chi connectivity index (χ1n) is 9.93. The van der Waals surface area contributed by atoms with Gasteiger partial charge in [-0.3, -0.25) is 0 Å². The standard InChI is InChI=1S/C21H25N3O4S/c1-15(2)24(13-16-8-4-3-5-9-16)29(25,26)19-12-18(14-27-19)21-23-22-20(28-21)17-10-6-7-11-17/h3-5,8-9,12,14-15,17H,6-7,10-11,13H2,1-2H3. The monoisotopic (exact) mass is 415 g/mol. The fourth-order valence-corrected chi connectivity index (χ4v) is 5.23. The van der Waals surface area contributed by atoms with Crippen LogP contribution in [0.3, 0.4) is 0 Å². The normalized spacial score (nSPS) is 15.6. The van der Waals surface area contributed by atoms with Gasteiger partial charge in [-0.2, -0.15) is 4.31 Å². The van der Waals surface area contributed by atoms with Gasteiger partial charge in [0.15, 0.2) is 0 Å². The molecule has 1 aliphatic rings. The molecule has 0 radical (unpaired) electrons. The zero-order chi connectivity index (χ0) is 20.4. The Kier molecular flexibility index (Phi) is 5.56. The molecule has 3 aromatic rings. The number of sulfonamides is 1. The first kappa shape index (κ1) is 19.8. The molecule has 29 heavy (non-hydrogen) atoms. The summed E-state index contributed by atoms with van der Waals surface area (Å²) in [6.07, 6.45) is 5.80. The summed E-state index contributed by atoms with van der Waals surface area (Å²) in [6.45, 7) is 3.95. The molecule has 1 aliphatic carbocycles. The SMILES string of the molecule is CC(C)N(Cc1ccccc1)S(=O)(=O)c1cc(-c2nnc(C3CCCC3)o2)co1. The highest BCUT2D eigenvalue weighted by atomic mass is 32.2. The van der Waals surface area contributed by atoms with Crippen LogP contribution in [0.15, 0.2) is 56.6 Å². The van der Waals surface area contributed by atoms with Gasteiger partial charge in [0.2, 0.25) is 11.0 Å². The lowest BCUT2D eigenvalue weighted by molar-refractivity contribution is 0.331. The maximum atomic E-state index is 13.2. The summed E-state index contributed by atoms with van der Waals surface area (Å²) in [5.41, 5.74) is 1.39. The summed E-state index contributed by atoms with van der Waals surface area (Å²) in [4.78, 5) is 0. The van der Waals surface area contributed by atoms with Gasteiger partial charge in [0, 0.05) is 24.6 Å². The zero-order valence-corrected chi connectivity index (χ0v) is 17.4. The molecule has 154 valence electrons. The van der Waals surface area contributed by atoms with E-state index in [-0.39, 0.29) is 23.6 Å². The molecule has 4 rings (SSSR count). The Morgan fingerprint density at radius 1 is 1.14 bits per heavy atom. The van der Waals surface area contributed by atoms with Crippen LogP contribution in [0, 0.1) is 0 Å². The quantitative estimate of drug-likeness (QED) is 0.561. The van der Waals surface area contributed by atoms with Gasteiger partial charge in [-0.15, -0.1) is 10.2 Å². The Bertz CT molecular complexity index is 1050. The minimum atomic E-state index is -3.82. The summed E-state index contributed by atoms with van der Waals surface area (Å²) in [5, 5.41) is 8.11. The zero-order valence-electron chi connectivity index (χ0n) is 16.6. The second kappa shape index (κ2) is 8.12. The van der Waals surface area contributed by atoms with Crippen molar-refractivity contribution in [1.29, 1.82) is 0 Å². The number of hydrogen-bond acceptors (Lipinski definition) is 6. The highest BCUT2D eigenvalue weighted by Gasteiger charge is 2.31. The average molecular weight is 416 g/mol. The van der Waals surface area contributed by atoms with E-state index >= 15 is 0 Å². The molecule has 1 fully saturated rings. The largest absolute Gasteiger partial charge is 0.451 e. The number of hydrogen-bond donors (Lipinski definition) is 0. The van der Waals surface area contributed by atoms with E-state index in [1.807, 2.05) is 44.2 Å². The van der Waals surface area contributed by atoms with E-state index in [2.05, 4.69) is 10.2 Å². The summed E-state index contributed by atoms with van der Waals surface area (Å²) in [6, 6.07) is 10.7. The van der Waals surface area contributed by atoms with E-state index in [0.29, 0.717) is 17.4 Å². The first-order chi connectivity index (χ1) is 13.9.